The SMILES string of the molecule is Cc1ccc(N2CCC(O)C2)cc1C(F)(F)F. The number of aliphatic hydroxyl groups is 1. The van der Waals surface area contributed by atoms with E-state index in [0.717, 1.165) is 6.07 Å². The summed E-state index contributed by atoms with van der Waals surface area (Å²) in [6.45, 7) is 2.45. The highest BCUT2D eigenvalue weighted by molar-refractivity contribution is 5.52. The van der Waals surface area contributed by atoms with Crippen molar-refractivity contribution in [3.63, 3.8) is 0 Å². The summed E-state index contributed by atoms with van der Waals surface area (Å²) < 4.78 is 38.2. The molecule has 1 heterocycles. The zero-order valence-electron chi connectivity index (χ0n) is 9.46. The molecule has 0 radical (unpaired) electrons. The van der Waals surface area contributed by atoms with Crippen LogP contribution < -0.4 is 4.90 Å². The molecule has 1 N–H and O–H groups in total. The van der Waals surface area contributed by atoms with Gasteiger partial charge < -0.3 is 10.0 Å². The van der Waals surface area contributed by atoms with Crippen molar-refractivity contribution >= 4 is 5.69 Å². The number of benzene rings is 1. The zero-order chi connectivity index (χ0) is 12.6. The van der Waals surface area contributed by atoms with Gasteiger partial charge in [0.1, 0.15) is 0 Å². The number of alkyl halides is 3. The highest BCUT2D eigenvalue weighted by atomic mass is 19.4. The van der Waals surface area contributed by atoms with Gasteiger partial charge in [-0.05, 0) is 31.0 Å². The van der Waals surface area contributed by atoms with Crippen LogP contribution in [0.3, 0.4) is 0 Å². The fourth-order valence-corrected chi connectivity index (χ4v) is 2.09. The van der Waals surface area contributed by atoms with Crippen molar-refractivity contribution in [3.8, 4) is 0 Å². The van der Waals surface area contributed by atoms with Crippen molar-refractivity contribution in [2.24, 2.45) is 0 Å². The van der Waals surface area contributed by atoms with E-state index in [4.69, 9.17) is 0 Å². The Morgan fingerprint density at radius 1 is 1.35 bits per heavy atom. The third-order valence-electron chi connectivity index (χ3n) is 3.06. The Labute approximate surface area is 97.7 Å². The number of aliphatic hydroxyl groups excluding tert-OH is 1. The van der Waals surface area contributed by atoms with Gasteiger partial charge in [0.25, 0.3) is 0 Å². The molecule has 5 heteroatoms. The van der Waals surface area contributed by atoms with E-state index in [2.05, 4.69) is 0 Å². The molecule has 0 aliphatic carbocycles. The van der Waals surface area contributed by atoms with Gasteiger partial charge in [-0.3, -0.25) is 0 Å². The Kier molecular flexibility index (Phi) is 3.03. The quantitative estimate of drug-likeness (QED) is 0.822. The number of rotatable bonds is 1. The van der Waals surface area contributed by atoms with Crippen LogP contribution in [0, 0.1) is 6.92 Å². The first-order valence-corrected chi connectivity index (χ1v) is 5.49. The number of halogens is 3. The molecule has 0 amide bonds. The maximum atomic E-state index is 12.7. The maximum absolute atomic E-state index is 12.7. The average Bonchev–Trinajstić information content (AvgIpc) is 2.64. The van der Waals surface area contributed by atoms with Gasteiger partial charge >= 0.3 is 6.18 Å². The lowest BCUT2D eigenvalue weighted by atomic mass is 10.1. The van der Waals surface area contributed by atoms with Crippen LogP contribution in [-0.2, 0) is 6.18 Å². The van der Waals surface area contributed by atoms with Gasteiger partial charge in [0.2, 0.25) is 0 Å². The Morgan fingerprint density at radius 2 is 2.06 bits per heavy atom. The van der Waals surface area contributed by atoms with E-state index in [-0.39, 0.29) is 5.56 Å². The van der Waals surface area contributed by atoms with Gasteiger partial charge in [0.15, 0.2) is 0 Å². The topological polar surface area (TPSA) is 23.5 Å². The molecule has 1 unspecified atom stereocenters. The van der Waals surface area contributed by atoms with Gasteiger partial charge in [-0.25, -0.2) is 0 Å². The van der Waals surface area contributed by atoms with Crippen LogP contribution in [-0.4, -0.2) is 24.3 Å². The Bertz CT molecular complexity index is 417. The molecule has 0 spiro atoms. The van der Waals surface area contributed by atoms with Crippen LogP contribution in [0.25, 0.3) is 0 Å². The summed E-state index contributed by atoms with van der Waals surface area (Å²) in [7, 11) is 0. The van der Waals surface area contributed by atoms with E-state index in [9.17, 15) is 18.3 Å². The van der Waals surface area contributed by atoms with Crippen molar-refractivity contribution in [3.05, 3.63) is 29.3 Å². The first kappa shape index (κ1) is 12.2. The number of nitrogens with zero attached hydrogens (tertiary/aromatic N) is 1. The van der Waals surface area contributed by atoms with E-state index < -0.39 is 17.8 Å². The number of aryl methyl sites for hydroxylation is 1. The van der Waals surface area contributed by atoms with Crippen molar-refractivity contribution in [2.75, 3.05) is 18.0 Å². The average molecular weight is 245 g/mol. The molecule has 1 atom stereocenters. The lowest BCUT2D eigenvalue weighted by Crippen LogP contribution is -2.21. The van der Waals surface area contributed by atoms with Gasteiger partial charge in [-0.2, -0.15) is 13.2 Å². The van der Waals surface area contributed by atoms with E-state index in [0.29, 0.717) is 25.2 Å². The number of β-amino-alcohol motifs (C(OH)–C–C–N with tert-alkyl or cyclic N) is 1. The van der Waals surface area contributed by atoms with Crippen LogP contribution in [0.2, 0.25) is 0 Å². The minimum atomic E-state index is -4.32. The van der Waals surface area contributed by atoms with Gasteiger partial charge in [0.05, 0.1) is 11.7 Å². The predicted octanol–water partition coefficient (Wildman–Crippen LogP) is 2.58. The van der Waals surface area contributed by atoms with E-state index >= 15 is 0 Å². The maximum Gasteiger partial charge on any atom is 0.416 e. The molecule has 17 heavy (non-hydrogen) atoms. The summed E-state index contributed by atoms with van der Waals surface area (Å²) in [4.78, 5) is 1.78. The smallest absolute Gasteiger partial charge is 0.391 e. The van der Waals surface area contributed by atoms with Crippen molar-refractivity contribution in [1.82, 2.24) is 0 Å². The molecule has 1 fully saturated rings. The highest BCUT2D eigenvalue weighted by Crippen LogP contribution is 2.34. The Morgan fingerprint density at radius 3 is 2.59 bits per heavy atom. The highest BCUT2D eigenvalue weighted by Gasteiger charge is 2.33. The summed E-state index contributed by atoms with van der Waals surface area (Å²) in [5.74, 6) is 0. The van der Waals surface area contributed by atoms with Crippen molar-refractivity contribution in [1.29, 1.82) is 0 Å². The molecule has 0 aromatic heterocycles. The first-order valence-electron chi connectivity index (χ1n) is 5.49. The van der Waals surface area contributed by atoms with E-state index in [1.807, 2.05) is 0 Å². The molecule has 0 saturated carbocycles. The predicted molar refractivity (Wildman–Crippen MR) is 59.0 cm³/mol. The second-order valence-electron chi connectivity index (χ2n) is 4.39. The van der Waals surface area contributed by atoms with Crippen LogP contribution in [0.4, 0.5) is 18.9 Å². The van der Waals surface area contributed by atoms with Gasteiger partial charge in [-0.15, -0.1) is 0 Å². The zero-order valence-corrected chi connectivity index (χ0v) is 9.46. The lowest BCUT2D eigenvalue weighted by Gasteiger charge is -2.20. The van der Waals surface area contributed by atoms with Crippen molar-refractivity contribution < 1.29 is 18.3 Å². The van der Waals surface area contributed by atoms with Crippen LogP contribution in [0.5, 0.6) is 0 Å². The van der Waals surface area contributed by atoms with Crippen molar-refractivity contribution in [2.45, 2.75) is 25.6 Å². The third-order valence-corrected chi connectivity index (χ3v) is 3.06. The molecular weight excluding hydrogens is 231 g/mol. The fourth-order valence-electron chi connectivity index (χ4n) is 2.09. The summed E-state index contributed by atoms with van der Waals surface area (Å²) in [6.07, 6.45) is -4.15. The molecular formula is C12H14F3NO. The monoisotopic (exact) mass is 245 g/mol. The summed E-state index contributed by atoms with van der Waals surface area (Å²) in [6, 6.07) is 4.30. The van der Waals surface area contributed by atoms with Crippen LogP contribution in [0.15, 0.2) is 18.2 Å². The number of hydrogen-bond donors (Lipinski definition) is 1. The second-order valence-corrected chi connectivity index (χ2v) is 4.39. The van der Waals surface area contributed by atoms with Gasteiger partial charge in [0, 0.05) is 18.8 Å². The lowest BCUT2D eigenvalue weighted by molar-refractivity contribution is -0.138. The first-order chi connectivity index (χ1) is 7.88. The molecule has 1 aliphatic rings. The number of anilines is 1. The van der Waals surface area contributed by atoms with Crippen LogP contribution >= 0.6 is 0 Å². The molecule has 94 valence electrons. The largest absolute Gasteiger partial charge is 0.416 e. The normalized spacial score (nSPS) is 21.0. The Hall–Kier alpha value is -1.23. The summed E-state index contributed by atoms with van der Waals surface area (Å²) >= 11 is 0. The molecule has 1 aromatic rings. The molecule has 0 bridgehead atoms. The minimum absolute atomic E-state index is 0.223. The summed E-state index contributed by atoms with van der Waals surface area (Å²) in [5.41, 5.74) is 0.150. The number of hydrogen-bond acceptors (Lipinski definition) is 2. The molecule has 1 aliphatic heterocycles. The van der Waals surface area contributed by atoms with Gasteiger partial charge in [-0.1, -0.05) is 6.07 Å². The van der Waals surface area contributed by atoms with E-state index in [1.165, 1.54) is 13.0 Å². The Balaban J connectivity index is 2.31. The third kappa shape index (κ3) is 2.54. The molecule has 2 nitrogen and oxygen atoms in total. The molecule has 1 saturated heterocycles. The van der Waals surface area contributed by atoms with E-state index in [1.54, 1.807) is 11.0 Å². The second kappa shape index (κ2) is 4.22. The van der Waals surface area contributed by atoms with Crippen LogP contribution in [0.1, 0.15) is 17.5 Å². The molecule has 1 aromatic carbocycles. The summed E-state index contributed by atoms with van der Waals surface area (Å²) in [5, 5.41) is 9.38. The fraction of sp³-hybridized carbons (Fsp3) is 0.500. The molecule has 2 rings (SSSR count). The standard InChI is InChI=1S/C12H14F3NO/c1-8-2-3-9(6-11(8)12(13,14)15)16-5-4-10(17)7-16/h2-3,6,10,17H,4-5,7H2,1H3. The minimum Gasteiger partial charge on any atom is -0.391 e.